The van der Waals surface area contributed by atoms with Crippen LogP contribution in [0.15, 0.2) is 57.7 Å². The molecule has 2 aromatic carbocycles. The summed E-state index contributed by atoms with van der Waals surface area (Å²) < 4.78 is 35.7. The molecule has 2 aromatic heterocycles. The van der Waals surface area contributed by atoms with Gasteiger partial charge in [-0.15, -0.1) is 5.10 Å². The molecule has 0 aliphatic carbocycles. The first-order chi connectivity index (χ1) is 20.6. The number of benzene rings is 2. The highest BCUT2D eigenvalue weighted by molar-refractivity contribution is 9.10. The minimum absolute atomic E-state index is 0.129. The van der Waals surface area contributed by atoms with Gasteiger partial charge in [-0.05, 0) is 80.2 Å². The molecule has 4 aromatic rings. The minimum atomic E-state index is -0.873. The van der Waals surface area contributed by atoms with Crippen LogP contribution in [0.5, 0.6) is 0 Å². The van der Waals surface area contributed by atoms with Crippen LogP contribution < -0.4 is 5.73 Å². The Morgan fingerprint density at radius 3 is 2.77 bits per heavy atom. The zero-order valence-corrected chi connectivity index (χ0v) is 25.7. The molecule has 43 heavy (non-hydrogen) atoms. The van der Waals surface area contributed by atoms with E-state index in [1.807, 2.05) is 35.2 Å². The van der Waals surface area contributed by atoms with E-state index in [9.17, 15) is 13.6 Å². The number of amides is 1. The van der Waals surface area contributed by atoms with Crippen molar-refractivity contribution in [2.24, 2.45) is 5.92 Å². The lowest BCUT2D eigenvalue weighted by Crippen LogP contribution is -2.57. The second kappa shape index (κ2) is 11.8. The molecule has 0 saturated carbocycles. The molecular weight excluding hydrogens is 620 g/mol. The van der Waals surface area contributed by atoms with Crippen LogP contribution in [0.1, 0.15) is 51.3 Å². The van der Waals surface area contributed by atoms with E-state index in [0.29, 0.717) is 25.5 Å². The number of halogens is 3. The number of carbonyl (C=O) groups is 1. The molecule has 2 unspecified atom stereocenters. The number of nitrogen functional groups attached to an aromatic ring is 1. The molecule has 0 radical (unpaired) electrons. The van der Waals surface area contributed by atoms with Gasteiger partial charge in [0.15, 0.2) is 5.82 Å². The second-order valence-electron chi connectivity index (χ2n) is 12.1. The fourth-order valence-electron chi connectivity index (χ4n) is 6.15. The van der Waals surface area contributed by atoms with Crippen LogP contribution in [-0.4, -0.2) is 60.9 Å². The predicted octanol–water partition coefficient (Wildman–Crippen LogP) is 6.08. The van der Waals surface area contributed by atoms with Gasteiger partial charge in [0, 0.05) is 36.3 Å². The van der Waals surface area contributed by atoms with Crippen LogP contribution in [0, 0.1) is 17.6 Å². The van der Waals surface area contributed by atoms with Gasteiger partial charge in [0.25, 0.3) is 0 Å². The summed E-state index contributed by atoms with van der Waals surface area (Å²) in [5.74, 6) is -1.05. The fraction of sp³-hybridized carbons (Fsp3) is 0.419. The molecule has 2 aliphatic rings. The van der Waals surface area contributed by atoms with Crippen molar-refractivity contribution in [3.63, 3.8) is 0 Å². The number of rotatable bonds is 6. The van der Waals surface area contributed by atoms with E-state index in [2.05, 4.69) is 50.0 Å². The van der Waals surface area contributed by atoms with E-state index in [4.69, 9.17) is 10.2 Å². The topological polar surface area (TPSA) is 106 Å². The van der Waals surface area contributed by atoms with Gasteiger partial charge in [-0.3, -0.25) is 9.69 Å². The molecule has 2 saturated heterocycles. The molecule has 2 fully saturated rings. The Morgan fingerprint density at radius 2 is 1.98 bits per heavy atom. The summed E-state index contributed by atoms with van der Waals surface area (Å²) >= 11 is 2.88. The number of anilines is 1. The van der Waals surface area contributed by atoms with Crippen LogP contribution in [0.2, 0.25) is 0 Å². The van der Waals surface area contributed by atoms with E-state index in [1.165, 1.54) is 0 Å². The summed E-state index contributed by atoms with van der Waals surface area (Å²) in [6, 6.07) is 10.8. The van der Waals surface area contributed by atoms with Gasteiger partial charge in [0.2, 0.25) is 11.8 Å². The Balaban J connectivity index is 1.14. The lowest BCUT2D eigenvalue weighted by atomic mass is 9.85. The van der Waals surface area contributed by atoms with Crippen molar-refractivity contribution in [1.82, 2.24) is 29.8 Å². The first-order valence-electron chi connectivity index (χ1n) is 14.5. The van der Waals surface area contributed by atoms with Gasteiger partial charge >= 0.3 is 0 Å². The number of aromatic nitrogens is 4. The fourth-order valence-corrected chi connectivity index (χ4v) is 6.48. The first kappa shape index (κ1) is 29.4. The molecule has 0 bridgehead atoms. The standard InChI is InChI=1S/C31H34BrF2N7O2/c1-31(2)11-10-22(41-17-25(37-38-41)23-13-24(33)26(32)27(34)28(23)35)16-40(31)30(42)20-9-6-12-39(14-20)15-21-18-43-29(36-21)19-7-4-3-5-8-19/h3-5,7-8,13,17-18,20,22H,6,9-12,14-16,35H2,1-2H3. The van der Waals surface area contributed by atoms with E-state index in [0.717, 1.165) is 49.6 Å². The number of oxazole rings is 1. The Bertz CT molecular complexity index is 1620. The molecule has 2 atom stereocenters. The molecular formula is C31H34BrF2N7O2. The third-order valence-electron chi connectivity index (χ3n) is 8.65. The Hall–Kier alpha value is -3.64. The van der Waals surface area contributed by atoms with Crippen molar-refractivity contribution in [2.75, 3.05) is 25.4 Å². The number of hydrogen-bond acceptors (Lipinski definition) is 7. The maximum atomic E-state index is 14.4. The van der Waals surface area contributed by atoms with Gasteiger partial charge in [-0.25, -0.2) is 18.4 Å². The minimum Gasteiger partial charge on any atom is -0.444 e. The SMILES string of the molecule is CC1(C)CCC(n2cc(-c3cc(F)c(Br)c(F)c3N)nn2)CN1C(=O)C1CCCN(Cc2coc(-c3ccccc3)n2)C1. The number of piperidine rings is 2. The number of nitrogens with two attached hydrogens (primary N) is 1. The average Bonchev–Trinajstić information content (AvgIpc) is 3.69. The van der Waals surface area contributed by atoms with E-state index in [-0.39, 0.29) is 44.8 Å². The normalized spacial score (nSPS) is 20.8. The largest absolute Gasteiger partial charge is 0.444 e. The first-order valence-corrected chi connectivity index (χ1v) is 15.3. The molecule has 0 spiro atoms. The molecule has 226 valence electrons. The molecule has 1 amide bonds. The van der Waals surface area contributed by atoms with E-state index >= 15 is 0 Å². The average molecular weight is 655 g/mol. The van der Waals surface area contributed by atoms with Gasteiger partial charge in [0.05, 0.1) is 34.0 Å². The number of nitrogens with zero attached hydrogens (tertiary/aromatic N) is 6. The summed E-state index contributed by atoms with van der Waals surface area (Å²) in [6.07, 6.45) is 6.65. The smallest absolute Gasteiger partial charge is 0.227 e. The zero-order valence-electron chi connectivity index (χ0n) is 24.1. The summed E-state index contributed by atoms with van der Waals surface area (Å²) in [5.41, 5.74) is 7.59. The number of carbonyl (C=O) groups excluding carboxylic acids is 1. The molecule has 2 N–H and O–H groups in total. The van der Waals surface area contributed by atoms with Crippen LogP contribution in [0.4, 0.5) is 14.5 Å². The van der Waals surface area contributed by atoms with Crippen molar-refractivity contribution in [3.05, 3.63) is 70.7 Å². The quantitative estimate of drug-likeness (QED) is 0.199. The predicted molar refractivity (Wildman–Crippen MR) is 161 cm³/mol. The molecule has 2 aliphatic heterocycles. The molecule has 4 heterocycles. The Morgan fingerprint density at radius 1 is 1.19 bits per heavy atom. The zero-order chi connectivity index (χ0) is 30.3. The lowest BCUT2D eigenvalue weighted by Gasteiger charge is -2.47. The van der Waals surface area contributed by atoms with Crippen LogP contribution in [0.3, 0.4) is 0 Å². The molecule has 9 nitrogen and oxygen atoms in total. The second-order valence-corrected chi connectivity index (χ2v) is 12.9. The molecule has 12 heteroatoms. The van der Waals surface area contributed by atoms with Crippen LogP contribution in [0.25, 0.3) is 22.7 Å². The van der Waals surface area contributed by atoms with Crippen molar-refractivity contribution in [2.45, 2.75) is 57.7 Å². The Labute approximate surface area is 257 Å². The van der Waals surface area contributed by atoms with Crippen molar-refractivity contribution in [1.29, 1.82) is 0 Å². The van der Waals surface area contributed by atoms with Gasteiger partial charge in [-0.1, -0.05) is 23.4 Å². The van der Waals surface area contributed by atoms with Gasteiger partial charge in [-0.2, -0.15) is 0 Å². The summed E-state index contributed by atoms with van der Waals surface area (Å²) in [5, 5.41) is 8.43. The third-order valence-corrected chi connectivity index (χ3v) is 9.38. The van der Waals surface area contributed by atoms with Gasteiger partial charge < -0.3 is 15.1 Å². The third kappa shape index (κ3) is 5.95. The van der Waals surface area contributed by atoms with Crippen LogP contribution >= 0.6 is 15.9 Å². The summed E-state index contributed by atoms with van der Waals surface area (Å²) in [6.45, 7) is 6.83. The number of hydrogen-bond donors (Lipinski definition) is 1. The van der Waals surface area contributed by atoms with E-state index in [1.54, 1.807) is 17.1 Å². The highest BCUT2D eigenvalue weighted by Crippen LogP contribution is 2.37. The van der Waals surface area contributed by atoms with Crippen LogP contribution in [-0.2, 0) is 11.3 Å². The maximum Gasteiger partial charge on any atom is 0.227 e. The van der Waals surface area contributed by atoms with Crippen molar-refractivity contribution < 1.29 is 18.0 Å². The van der Waals surface area contributed by atoms with Crippen molar-refractivity contribution >= 4 is 27.5 Å². The number of likely N-dealkylation sites (tertiary alicyclic amines) is 2. The molecule has 6 rings (SSSR count). The highest BCUT2D eigenvalue weighted by atomic mass is 79.9. The summed E-state index contributed by atoms with van der Waals surface area (Å²) in [7, 11) is 0. The highest BCUT2D eigenvalue weighted by Gasteiger charge is 2.41. The Kier molecular flexibility index (Phi) is 8.08. The van der Waals surface area contributed by atoms with E-state index < -0.39 is 11.6 Å². The van der Waals surface area contributed by atoms with Gasteiger partial charge in [0.1, 0.15) is 17.8 Å². The lowest BCUT2D eigenvalue weighted by molar-refractivity contribution is -0.146. The monoisotopic (exact) mass is 653 g/mol. The maximum absolute atomic E-state index is 14.4. The van der Waals surface area contributed by atoms with Crippen molar-refractivity contribution in [3.8, 4) is 22.7 Å². The summed E-state index contributed by atoms with van der Waals surface area (Å²) in [4.78, 5) is 23.0.